The van der Waals surface area contributed by atoms with Gasteiger partial charge in [-0.2, -0.15) is 0 Å². The van der Waals surface area contributed by atoms with E-state index >= 15 is 0 Å². The zero-order chi connectivity index (χ0) is 14.0. The third-order valence-electron chi connectivity index (χ3n) is 3.34. The molecule has 0 saturated heterocycles. The predicted octanol–water partition coefficient (Wildman–Crippen LogP) is 3.78. The van der Waals surface area contributed by atoms with Crippen LogP contribution in [0.3, 0.4) is 0 Å². The van der Waals surface area contributed by atoms with Gasteiger partial charge in [-0.1, -0.05) is 38.1 Å². The van der Waals surface area contributed by atoms with Crippen molar-refractivity contribution in [2.45, 2.75) is 40.7 Å². The molecule has 0 unspecified atom stereocenters. The molecule has 3 heteroatoms. The first-order valence-corrected chi connectivity index (χ1v) is 6.89. The zero-order valence-corrected chi connectivity index (χ0v) is 12.1. The lowest BCUT2D eigenvalue weighted by atomic mass is 9.97. The summed E-state index contributed by atoms with van der Waals surface area (Å²) in [4.78, 5) is 0. The van der Waals surface area contributed by atoms with Gasteiger partial charge in [-0.15, -0.1) is 5.10 Å². The van der Waals surface area contributed by atoms with Crippen LogP contribution in [-0.4, -0.2) is 14.9 Å². The predicted molar refractivity (Wildman–Crippen MR) is 78.3 cm³/mol. The van der Waals surface area contributed by atoms with E-state index in [-0.39, 0.29) is 5.88 Å². The molecule has 0 amide bonds. The lowest BCUT2D eigenvalue weighted by Crippen LogP contribution is -2.02. The largest absolute Gasteiger partial charge is 0.492 e. The Balaban J connectivity index is 2.63. The summed E-state index contributed by atoms with van der Waals surface area (Å²) >= 11 is 0. The van der Waals surface area contributed by atoms with Crippen molar-refractivity contribution in [1.82, 2.24) is 9.78 Å². The van der Waals surface area contributed by atoms with Crippen molar-refractivity contribution < 1.29 is 5.11 Å². The van der Waals surface area contributed by atoms with Gasteiger partial charge in [-0.3, -0.25) is 4.68 Å². The zero-order valence-electron chi connectivity index (χ0n) is 12.1. The second-order valence-electron chi connectivity index (χ2n) is 5.38. The van der Waals surface area contributed by atoms with E-state index in [1.165, 1.54) is 5.56 Å². The van der Waals surface area contributed by atoms with Crippen molar-refractivity contribution in [3.63, 3.8) is 0 Å². The van der Waals surface area contributed by atoms with Crippen LogP contribution in [0.25, 0.3) is 11.3 Å². The van der Waals surface area contributed by atoms with Gasteiger partial charge >= 0.3 is 0 Å². The van der Waals surface area contributed by atoms with Crippen LogP contribution in [0, 0.1) is 12.8 Å². The number of hydrogen-bond acceptors (Lipinski definition) is 2. The number of aromatic nitrogens is 2. The van der Waals surface area contributed by atoms with Crippen molar-refractivity contribution in [1.29, 1.82) is 0 Å². The van der Waals surface area contributed by atoms with E-state index in [0.717, 1.165) is 29.8 Å². The summed E-state index contributed by atoms with van der Waals surface area (Å²) in [7, 11) is 0. The average Bonchev–Trinajstić information content (AvgIpc) is 2.66. The van der Waals surface area contributed by atoms with Crippen LogP contribution in [0.2, 0.25) is 0 Å². The fourth-order valence-corrected chi connectivity index (χ4v) is 2.45. The van der Waals surface area contributed by atoms with Gasteiger partial charge in [0.1, 0.15) is 0 Å². The first-order chi connectivity index (χ1) is 9.04. The minimum absolute atomic E-state index is 0.175. The van der Waals surface area contributed by atoms with Gasteiger partial charge in [0.15, 0.2) is 0 Å². The molecule has 1 aromatic heterocycles. The van der Waals surface area contributed by atoms with Crippen LogP contribution in [0.4, 0.5) is 0 Å². The van der Waals surface area contributed by atoms with E-state index in [2.05, 4.69) is 38.0 Å². The summed E-state index contributed by atoms with van der Waals surface area (Å²) in [5.41, 5.74) is 4.40. The molecule has 1 N–H and O–H groups in total. The summed E-state index contributed by atoms with van der Waals surface area (Å²) in [5, 5.41) is 14.4. The van der Waals surface area contributed by atoms with Crippen LogP contribution in [0.1, 0.15) is 31.9 Å². The van der Waals surface area contributed by atoms with E-state index in [0.29, 0.717) is 5.92 Å². The Bertz CT molecular complexity index is 570. The highest BCUT2D eigenvalue weighted by molar-refractivity contribution is 5.69. The van der Waals surface area contributed by atoms with Crippen LogP contribution >= 0.6 is 0 Å². The Hall–Kier alpha value is -1.77. The van der Waals surface area contributed by atoms with Crippen LogP contribution in [-0.2, 0) is 13.0 Å². The summed E-state index contributed by atoms with van der Waals surface area (Å²) in [6, 6.07) is 8.26. The first kappa shape index (κ1) is 13.7. The molecule has 0 aliphatic rings. The molecule has 0 atom stereocenters. The SMILES string of the molecule is CCn1nc(O)c(CC(C)C)c1-c1ccccc1C. The number of nitrogens with zero attached hydrogens (tertiary/aromatic N) is 2. The van der Waals surface area contributed by atoms with E-state index in [1.807, 2.05) is 23.7 Å². The van der Waals surface area contributed by atoms with Crippen molar-refractivity contribution in [2.75, 3.05) is 0 Å². The Labute approximate surface area is 114 Å². The molecule has 0 spiro atoms. The Kier molecular flexibility index (Phi) is 3.93. The monoisotopic (exact) mass is 258 g/mol. The Morgan fingerprint density at radius 1 is 1.26 bits per heavy atom. The van der Waals surface area contributed by atoms with Gasteiger partial charge < -0.3 is 5.11 Å². The highest BCUT2D eigenvalue weighted by Crippen LogP contribution is 2.33. The molecule has 0 radical (unpaired) electrons. The van der Waals surface area contributed by atoms with Crippen LogP contribution in [0.15, 0.2) is 24.3 Å². The molecule has 0 aliphatic heterocycles. The molecule has 102 valence electrons. The minimum atomic E-state index is 0.175. The highest BCUT2D eigenvalue weighted by atomic mass is 16.3. The maximum atomic E-state index is 10.1. The molecule has 0 fully saturated rings. The Morgan fingerprint density at radius 2 is 1.95 bits per heavy atom. The van der Waals surface area contributed by atoms with E-state index in [9.17, 15) is 5.11 Å². The standard InChI is InChI=1S/C16H22N2O/c1-5-18-15(13-9-7-6-8-12(13)4)14(10-11(2)3)16(19)17-18/h6-9,11H,5,10H2,1-4H3,(H,17,19). The molecular formula is C16H22N2O. The Morgan fingerprint density at radius 3 is 2.53 bits per heavy atom. The third-order valence-corrected chi connectivity index (χ3v) is 3.34. The normalized spacial score (nSPS) is 11.2. The van der Waals surface area contributed by atoms with Gasteiger partial charge in [-0.25, -0.2) is 0 Å². The molecular weight excluding hydrogens is 236 g/mol. The maximum absolute atomic E-state index is 10.1. The fraction of sp³-hybridized carbons (Fsp3) is 0.438. The van der Waals surface area contributed by atoms with Crippen LogP contribution < -0.4 is 0 Å². The highest BCUT2D eigenvalue weighted by Gasteiger charge is 2.19. The molecule has 2 aromatic rings. The number of benzene rings is 1. The van der Waals surface area contributed by atoms with E-state index in [1.54, 1.807) is 0 Å². The van der Waals surface area contributed by atoms with Crippen molar-refractivity contribution in [3.8, 4) is 17.1 Å². The average molecular weight is 258 g/mol. The second-order valence-corrected chi connectivity index (χ2v) is 5.38. The summed E-state index contributed by atoms with van der Waals surface area (Å²) in [6.07, 6.45) is 0.843. The molecule has 2 rings (SSSR count). The van der Waals surface area contributed by atoms with E-state index in [4.69, 9.17) is 0 Å². The van der Waals surface area contributed by atoms with Gasteiger partial charge in [0.05, 0.1) is 5.69 Å². The van der Waals surface area contributed by atoms with Gasteiger partial charge in [0.2, 0.25) is 5.88 Å². The maximum Gasteiger partial charge on any atom is 0.234 e. The third kappa shape index (κ3) is 2.65. The molecule has 1 aromatic carbocycles. The summed E-state index contributed by atoms with van der Waals surface area (Å²) < 4.78 is 1.90. The van der Waals surface area contributed by atoms with Gasteiger partial charge in [-0.05, 0) is 31.7 Å². The second kappa shape index (κ2) is 5.47. The van der Waals surface area contributed by atoms with Gasteiger partial charge in [0, 0.05) is 17.7 Å². The minimum Gasteiger partial charge on any atom is -0.492 e. The lowest BCUT2D eigenvalue weighted by molar-refractivity contribution is 0.431. The number of aromatic hydroxyl groups is 1. The first-order valence-electron chi connectivity index (χ1n) is 6.89. The van der Waals surface area contributed by atoms with Crippen LogP contribution in [0.5, 0.6) is 5.88 Å². The molecule has 0 saturated carbocycles. The molecule has 0 bridgehead atoms. The summed E-state index contributed by atoms with van der Waals surface area (Å²) in [6.45, 7) is 9.22. The van der Waals surface area contributed by atoms with Gasteiger partial charge in [0.25, 0.3) is 0 Å². The van der Waals surface area contributed by atoms with Crippen molar-refractivity contribution in [3.05, 3.63) is 35.4 Å². The summed E-state index contributed by atoms with van der Waals surface area (Å²) in [5.74, 6) is 0.664. The smallest absolute Gasteiger partial charge is 0.234 e. The molecule has 0 aliphatic carbocycles. The number of aryl methyl sites for hydroxylation is 2. The number of rotatable bonds is 4. The van der Waals surface area contributed by atoms with E-state index < -0.39 is 0 Å². The molecule has 3 nitrogen and oxygen atoms in total. The number of hydrogen-bond donors (Lipinski definition) is 1. The van der Waals surface area contributed by atoms with Crippen molar-refractivity contribution >= 4 is 0 Å². The quantitative estimate of drug-likeness (QED) is 0.906. The fourth-order valence-electron chi connectivity index (χ4n) is 2.45. The lowest BCUT2D eigenvalue weighted by Gasteiger charge is -2.11. The van der Waals surface area contributed by atoms with Crippen molar-refractivity contribution in [2.24, 2.45) is 5.92 Å². The molecule has 1 heterocycles. The topological polar surface area (TPSA) is 38.0 Å². The molecule has 19 heavy (non-hydrogen) atoms.